The molecular formula is C11H14N2O6. The van der Waals surface area contributed by atoms with Crippen LogP contribution in [0.3, 0.4) is 0 Å². The van der Waals surface area contributed by atoms with Gasteiger partial charge >= 0.3 is 11.9 Å². The Labute approximate surface area is 108 Å². The topological polar surface area (TPSA) is 143 Å². The molecule has 19 heavy (non-hydrogen) atoms. The molecule has 8 nitrogen and oxygen atoms in total. The molecule has 0 radical (unpaired) electrons. The zero-order valence-electron chi connectivity index (χ0n) is 10.1. The molecule has 1 aromatic heterocycles. The monoisotopic (exact) mass is 270 g/mol. The summed E-state index contributed by atoms with van der Waals surface area (Å²) in [7, 11) is 1.14. The lowest BCUT2D eigenvalue weighted by Crippen LogP contribution is -2.24. The van der Waals surface area contributed by atoms with Gasteiger partial charge in [-0.1, -0.05) is 0 Å². The number of aliphatic hydroxyl groups excluding tert-OH is 2. The van der Waals surface area contributed by atoms with Crippen molar-refractivity contribution in [1.29, 1.82) is 0 Å². The number of aliphatic hydroxyl groups is 2. The van der Waals surface area contributed by atoms with Crippen molar-refractivity contribution in [2.24, 2.45) is 0 Å². The smallest absolute Gasteiger partial charge is 0.337 e. The highest BCUT2D eigenvalue weighted by atomic mass is 16.5. The quantitative estimate of drug-likeness (QED) is 0.515. The number of carboxylic acid groups (broad SMARTS) is 1. The predicted octanol–water partition coefficient (Wildman–Crippen LogP) is -0.681. The molecule has 8 heteroatoms. The van der Waals surface area contributed by atoms with Crippen molar-refractivity contribution >= 4 is 17.8 Å². The number of aromatic nitrogens is 1. The van der Waals surface area contributed by atoms with Gasteiger partial charge in [0.05, 0.1) is 25.2 Å². The summed E-state index contributed by atoms with van der Waals surface area (Å²) in [6, 6.07) is 1.09. The van der Waals surface area contributed by atoms with Crippen LogP contribution in [0.2, 0.25) is 0 Å². The van der Waals surface area contributed by atoms with Crippen molar-refractivity contribution < 1.29 is 29.6 Å². The minimum atomic E-state index is -1.54. The Balaban J connectivity index is 2.97. The fourth-order valence-corrected chi connectivity index (χ4v) is 1.42. The number of carboxylic acids is 1. The summed E-state index contributed by atoms with van der Waals surface area (Å²) in [5, 5.41) is 28.3. The molecule has 2 atom stereocenters. The average Bonchev–Trinajstić information content (AvgIpc) is 2.37. The first kappa shape index (κ1) is 14.9. The van der Waals surface area contributed by atoms with E-state index >= 15 is 0 Å². The third kappa shape index (κ3) is 3.63. The molecule has 0 bridgehead atoms. The second kappa shape index (κ2) is 6.12. The van der Waals surface area contributed by atoms with E-state index in [0.717, 1.165) is 19.4 Å². The third-order valence-corrected chi connectivity index (χ3v) is 2.48. The first-order chi connectivity index (χ1) is 8.86. The van der Waals surface area contributed by atoms with Gasteiger partial charge in [0.15, 0.2) is 0 Å². The maximum atomic E-state index is 11.0. The number of nitrogens with two attached hydrogens (primary N) is 1. The van der Waals surface area contributed by atoms with Crippen LogP contribution in [0.15, 0.2) is 12.3 Å². The van der Waals surface area contributed by atoms with Crippen molar-refractivity contribution in [1.82, 2.24) is 4.98 Å². The van der Waals surface area contributed by atoms with E-state index in [9.17, 15) is 19.8 Å². The molecule has 0 fully saturated rings. The molecule has 5 N–H and O–H groups in total. The summed E-state index contributed by atoms with van der Waals surface area (Å²) in [4.78, 5) is 25.4. The lowest BCUT2D eigenvalue weighted by molar-refractivity contribution is -0.144. The van der Waals surface area contributed by atoms with E-state index in [0.29, 0.717) is 0 Å². The molecule has 0 aliphatic rings. The number of ether oxygens (including phenoxy) is 1. The molecule has 1 aromatic rings. The van der Waals surface area contributed by atoms with Gasteiger partial charge in [-0.05, 0) is 6.07 Å². The van der Waals surface area contributed by atoms with E-state index in [4.69, 9.17) is 10.8 Å². The lowest BCUT2D eigenvalue weighted by atomic mass is 10.0. The van der Waals surface area contributed by atoms with Crippen molar-refractivity contribution in [2.45, 2.75) is 18.6 Å². The molecule has 104 valence electrons. The number of hydrogen-bond acceptors (Lipinski definition) is 7. The summed E-state index contributed by atoms with van der Waals surface area (Å²) >= 11 is 0. The Morgan fingerprint density at radius 2 is 2.11 bits per heavy atom. The van der Waals surface area contributed by atoms with Gasteiger partial charge in [-0.2, -0.15) is 0 Å². The second-order valence-corrected chi connectivity index (χ2v) is 3.80. The van der Waals surface area contributed by atoms with Gasteiger partial charge in [-0.15, -0.1) is 0 Å². The highest BCUT2D eigenvalue weighted by Crippen LogP contribution is 2.24. The second-order valence-electron chi connectivity index (χ2n) is 3.80. The average molecular weight is 270 g/mol. The van der Waals surface area contributed by atoms with Crippen LogP contribution >= 0.6 is 0 Å². The zero-order chi connectivity index (χ0) is 14.6. The molecule has 0 saturated carbocycles. The Morgan fingerprint density at radius 3 is 2.63 bits per heavy atom. The number of nitrogen functional groups attached to an aromatic ring is 1. The van der Waals surface area contributed by atoms with Crippen LogP contribution in [0.4, 0.5) is 5.82 Å². The van der Waals surface area contributed by atoms with Crippen LogP contribution < -0.4 is 5.73 Å². The Bertz CT molecular complexity index is 490. The van der Waals surface area contributed by atoms with Gasteiger partial charge in [-0.25, -0.2) is 9.78 Å². The number of methoxy groups -OCH3 is 1. The number of pyridine rings is 1. The van der Waals surface area contributed by atoms with Gasteiger partial charge in [0.2, 0.25) is 0 Å². The molecule has 1 heterocycles. The number of carbonyl (C=O) groups is 2. The van der Waals surface area contributed by atoms with Crippen molar-refractivity contribution in [3.8, 4) is 0 Å². The predicted molar refractivity (Wildman–Crippen MR) is 63.2 cm³/mol. The standard InChI is InChI=1S/C11H14N2O6/c1-19-8(15)3-7(14)9(16)6-2-5(11(17)18)4-13-10(6)12/h2,4,7,9,14,16H,3H2,1H3,(H2,12,13)(H,17,18). The molecule has 0 saturated heterocycles. The van der Waals surface area contributed by atoms with Gasteiger partial charge in [0, 0.05) is 11.8 Å². The SMILES string of the molecule is COC(=O)CC(O)C(O)c1cc(C(=O)O)cnc1N. The van der Waals surface area contributed by atoms with E-state index in [1.807, 2.05) is 0 Å². The van der Waals surface area contributed by atoms with E-state index < -0.39 is 30.6 Å². The minimum absolute atomic E-state index is 0.0590. The van der Waals surface area contributed by atoms with Gasteiger partial charge in [0.1, 0.15) is 11.9 Å². The number of nitrogens with zero attached hydrogens (tertiary/aromatic N) is 1. The van der Waals surface area contributed by atoms with Crippen molar-refractivity contribution in [3.63, 3.8) is 0 Å². The van der Waals surface area contributed by atoms with E-state index in [-0.39, 0.29) is 16.9 Å². The van der Waals surface area contributed by atoms with Crippen LogP contribution in [0.25, 0.3) is 0 Å². The van der Waals surface area contributed by atoms with Crippen molar-refractivity contribution in [3.05, 3.63) is 23.4 Å². The molecule has 1 rings (SSSR count). The van der Waals surface area contributed by atoms with E-state index in [1.54, 1.807) is 0 Å². The lowest BCUT2D eigenvalue weighted by Gasteiger charge is -2.18. The van der Waals surface area contributed by atoms with Gasteiger partial charge in [-0.3, -0.25) is 4.79 Å². The third-order valence-electron chi connectivity index (χ3n) is 2.48. The molecule has 0 aliphatic carbocycles. The Kier molecular flexibility index (Phi) is 4.79. The molecule has 0 spiro atoms. The largest absolute Gasteiger partial charge is 0.478 e. The minimum Gasteiger partial charge on any atom is -0.478 e. The molecule has 0 aliphatic heterocycles. The van der Waals surface area contributed by atoms with Crippen LogP contribution in [0.5, 0.6) is 0 Å². The number of hydrogen-bond donors (Lipinski definition) is 4. The number of rotatable bonds is 5. The van der Waals surface area contributed by atoms with Gasteiger partial charge in [0.25, 0.3) is 0 Å². The summed E-state index contributed by atoms with van der Waals surface area (Å²) in [6.07, 6.45) is -2.43. The van der Waals surface area contributed by atoms with E-state index in [2.05, 4.69) is 9.72 Å². The molecule has 0 aromatic carbocycles. The normalized spacial score (nSPS) is 13.6. The number of carbonyl (C=O) groups excluding carboxylic acids is 1. The number of aromatic carboxylic acids is 1. The highest BCUT2D eigenvalue weighted by molar-refractivity contribution is 5.87. The van der Waals surface area contributed by atoms with E-state index in [1.165, 1.54) is 0 Å². The Hall–Kier alpha value is -2.19. The molecule has 0 amide bonds. The first-order valence-corrected chi connectivity index (χ1v) is 5.28. The van der Waals surface area contributed by atoms with Crippen LogP contribution in [0, 0.1) is 0 Å². The summed E-state index contributed by atoms with van der Waals surface area (Å²) in [5.74, 6) is -2.09. The van der Waals surface area contributed by atoms with Crippen LogP contribution in [-0.2, 0) is 9.53 Å². The van der Waals surface area contributed by atoms with Crippen LogP contribution in [-0.4, -0.2) is 45.5 Å². The van der Waals surface area contributed by atoms with Crippen LogP contribution in [0.1, 0.15) is 28.4 Å². The first-order valence-electron chi connectivity index (χ1n) is 5.28. The number of esters is 1. The van der Waals surface area contributed by atoms with Gasteiger partial charge < -0.3 is 25.8 Å². The highest BCUT2D eigenvalue weighted by Gasteiger charge is 2.25. The number of anilines is 1. The zero-order valence-corrected chi connectivity index (χ0v) is 10.1. The fourth-order valence-electron chi connectivity index (χ4n) is 1.42. The summed E-state index contributed by atoms with van der Waals surface area (Å²) in [5.41, 5.74) is 5.25. The summed E-state index contributed by atoms with van der Waals surface area (Å²) < 4.78 is 4.35. The Morgan fingerprint density at radius 1 is 1.47 bits per heavy atom. The summed E-state index contributed by atoms with van der Waals surface area (Å²) in [6.45, 7) is 0. The van der Waals surface area contributed by atoms with Crippen molar-refractivity contribution in [2.75, 3.05) is 12.8 Å². The fraction of sp³-hybridized carbons (Fsp3) is 0.364. The maximum absolute atomic E-state index is 11.0. The maximum Gasteiger partial charge on any atom is 0.337 e. The molecule has 2 unspecified atom stereocenters. The molecular weight excluding hydrogens is 256 g/mol.